The number of aliphatic carboxylic acids is 4. The van der Waals surface area contributed by atoms with E-state index in [2.05, 4.69) is 27.0 Å². The average Bonchev–Trinajstić information content (AvgIpc) is 3.08. The fraction of sp³-hybridized carbons (Fsp3) is 0.818. The third kappa shape index (κ3) is 71.9. The number of hydrogen-bond donors (Lipinski definition) is 2. The van der Waals surface area contributed by atoms with E-state index in [9.17, 15) is 29.4 Å². The second-order valence-electron chi connectivity index (χ2n) is 14.3. The van der Waals surface area contributed by atoms with Crippen molar-refractivity contribution in [3.63, 3.8) is 0 Å². The molecular weight excluding hydrogens is 720 g/mol. The summed E-state index contributed by atoms with van der Waals surface area (Å²) in [5, 5.41) is 36.2. The van der Waals surface area contributed by atoms with E-state index in [4.69, 9.17) is 10.2 Å². The van der Waals surface area contributed by atoms with E-state index in [-0.39, 0.29) is 41.1 Å². The van der Waals surface area contributed by atoms with E-state index < -0.39 is 23.9 Å². The van der Waals surface area contributed by atoms with Crippen LogP contribution in [0.3, 0.4) is 0 Å². The first kappa shape index (κ1) is 60.1. The molecule has 0 aromatic heterocycles. The van der Waals surface area contributed by atoms with Crippen LogP contribution in [0.15, 0.2) is 24.3 Å². The van der Waals surface area contributed by atoms with Crippen molar-refractivity contribution in [2.24, 2.45) is 0 Å². The van der Waals surface area contributed by atoms with Crippen molar-refractivity contribution in [1.82, 2.24) is 0 Å². The molecule has 0 aromatic carbocycles. The standard InChI is InChI=1S/2C18H36O2.2C4H6O2.Cu/c2*1-2-3-4-5-6-7-8-9-10-11-12-13-14-15-16-17-18(19)20;2*1-3(2)4(5)6;/h2*2-17H2,1H3,(H,19,20);2*1H2,2H3,(H,5,6);/q;;;;+2/p-2. The molecule has 8 nitrogen and oxygen atoms in total. The van der Waals surface area contributed by atoms with Crippen molar-refractivity contribution in [3.8, 4) is 0 Å². The topological polar surface area (TPSA) is 155 Å². The Morgan fingerprint density at radius 1 is 0.377 bits per heavy atom. The quantitative estimate of drug-likeness (QED) is 0.0370. The molecule has 1 radical (unpaired) electrons. The number of carbonyl (C=O) groups excluding carboxylic acids is 2. The molecule has 0 saturated carbocycles. The molecule has 0 atom stereocenters. The number of carboxylic acids is 4. The molecule has 0 spiro atoms. The summed E-state index contributed by atoms with van der Waals surface area (Å²) in [6, 6.07) is 0. The molecule has 0 aliphatic carbocycles. The molecule has 0 aromatic rings. The van der Waals surface area contributed by atoms with Crippen LogP contribution in [-0.2, 0) is 36.2 Å². The molecule has 0 bridgehead atoms. The predicted molar refractivity (Wildman–Crippen MR) is 214 cm³/mol. The predicted octanol–water partition coefficient (Wildman–Crippen LogP) is 11.3. The fourth-order valence-electron chi connectivity index (χ4n) is 5.28. The van der Waals surface area contributed by atoms with Gasteiger partial charge in [0.15, 0.2) is 0 Å². The van der Waals surface area contributed by atoms with Crippen LogP contribution in [-0.4, -0.2) is 34.1 Å². The Morgan fingerprint density at radius 2 is 0.509 bits per heavy atom. The number of hydrogen-bond acceptors (Lipinski definition) is 6. The Balaban J connectivity index is -0.000000218. The zero-order valence-electron chi connectivity index (χ0n) is 34.7. The first-order valence-electron chi connectivity index (χ1n) is 21.0. The molecule has 9 heteroatoms. The second kappa shape index (κ2) is 52.0. The fourth-order valence-corrected chi connectivity index (χ4v) is 5.28. The average molecular weight is 803 g/mol. The molecule has 0 fully saturated rings. The van der Waals surface area contributed by atoms with E-state index in [1.165, 1.54) is 181 Å². The van der Waals surface area contributed by atoms with Crippen LogP contribution < -0.4 is 10.2 Å². The molecule has 0 saturated heterocycles. The number of carboxylic acid groups (broad SMARTS) is 4. The minimum atomic E-state index is -0.935. The van der Waals surface area contributed by atoms with Gasteiger partial charge in [0.25, 0.3) is 0 Å². The molecule has 0 rings (SSSR count). The van der Waals surface area contributed by atoms with Gasteiger partial charge in [-0.25, -0.2) is 9.59 Å². The van der Waals surface area contributed by atoms with Crippen LogP contribution >= 0.6 is 0 Å². The maximum absolute atomic E-state index is 10.2. The molecule has 0 heterocycles. The molecule has 0 amide bonds. The van der Waals surface area contributed by atoms with Crippen molar-refractivity contribution < 1.29 is 56.7 Å². The van der Waals surface area contributed by atoms with Gasteiger partial charge >= 0.3 is 29.0 Å². The van der Waals surface area contributed by atoms with E-state index >= 15 is 0 Å². The molecule has 2 N–H and O–H groups in total. The van der Waals surface area contributed by atoms with Crippen LogP contribution in [0.1, 0.15) is 233 Å². The van der Waals surface area contributed by atoms with Gasteiger partial charge in [-0.05, 0) is 39.5 Å². The zero-order valence-corrected chi connectivity index (χ0v) is 35.6. The van der Waals surface area contributed by atoms with Crippen molar-refractivity contribution >= 4 is 23.9 Å². The summed E-state index contributed by atoms with van der Waals surface area (Å²) in [5.41, 5.74) is 0.352. The first-order valence-corrected chi connectivity index (χ1v) is 21.0. The molecule has 53 heavy (non-hydrogen) atoms. The molecule has 0 aliphatic heterocycles. The molecule has 0 unspecified atom stereocenters. The van der Waals surface area contributed by atoms with E-state index in [1.807, 2.05) is 0 Å². The van der Waals surface area contributed by atoms with Gasteiger partial charge in [0.05, 0.1) is 0 Å². The van der Waals surface area contributed by atoms with Crippen molar-refractivity contribution in [2.45, 2.75) is 233 Å². The number of carbonyl (C=O) groups is 4. The minimum Gasteiger partial charge on any atom is -0.550 e. The van der Waals surface area contributed by atoms with Gasteiger partial charge in [0, 0.05) is 23.1 Å². The van der Waals surface area contributed by atoms with Crippen molar-refractivity contribution in [3.05, 3.63) is 24.3 Å². The summed E-state index contributed by atoms with van der Waals surface area (Å²) in [7, 11) is 0. The van der Waals surface area contributed by atoms with E-state index in [0.29, 0.717) is 0 Å². The maximum atomic E-state index is 10.2. The van der Waals surface area contributed by atoms with Gasteiger partial charge in [-0.2, -0.15) is 0 Å². The summed E-state index contributed by atoms with van der Waals surface area (Å²) < 4.78 is 0. The van der Waals surface area contributed by atoms with Crippen molar-refractivity contribution in [2.75, 3.05) is 0 Å². The largest absolute Gasteiger partial charge is 2.00 e. The SMILES string of the molecule is C=C(C)C(=O)O.C=C(C)C(=O)O.CCCCCCCCCCCCCCCCCC(=O)[O-].CCCCCCCCCCCCCCCCCC(=O)[O-].[Cu+2]. The van der Waals surface area contributed by atoms with Gasteiger partial charge < -0.3 is 30.0 Å². The van der Waals surface area contributed by atoms with Crippen LogP contribution in [0.5, 0.6) is 0 Å². The molecule has 317 valence electrons. The summed E-state index contributed by atoms with van der Waals surface area (Å²) in [5.74, 6) is -3.68. The van der Waals surface area contributed by atoms with Gasteiger partial charge in [-0.3, -0.25) is 0 Å². The zero-order chi connectivity index (χ0) is 40.1. The van der Waals surface area contributed by atoms with E-state index in [1.54, 1.807) is 0 Å². The molecule has 0 aliphatic rings. The summed E-state index contributed by atoms with van der Waals surface area (Å²) in [6.07, 6.45) is 39.7. The second-order valence-corrected chi connectivity index (χ2v) is 14.3. The normalized spacial score (nSPS) is 9.89. The smallest absolute Gasteiger partial charge is 0.550 e. The van der Waals surface area contributed by atoms with Gasteiger partial charge in [-0.15, -0.1) is 0 Å². The summed E-state index contributed by atoms with van der Waals surface area (Å²) >= 11 is 0. The Kier molecular flexibility index (Phi) is 59.0. The maximum Gasteiger partial charge on any atom is 2.00 e. The third-order valence-corrected chi connectivity index (χ3v) is 8.70. The Labute approximate surface area is 336 Å². The summed E-state index contributed by atoms with van der Waals surface area (Å²) in [4.78, 5) is 39.6. The number of unbranched alkanes of at least 4 members (excludes halogenated alkanes) is 28. The molecular formula is C44H82CuO8. The van der Waals surface area contributed by atoms with Crippen LogP contribution in [0, 0.1) is 0 Å². The monoisotopic (exact) mass is 802 g/mol. The van der Waals surface area contributed by atoms with Gasteiger partial charge in [0.2, 0.25) is 0 Å². The van der Waals surface area contributed by atoms with E-state index in [0.717, 1.165) is 25.7 Å². The Morgan fingerprint density at radius 3 is 0.623 bits per heavy atom. The van der Waals surface area contributed by atoms with Crippen LogP contribution in [0.4, 0.5) is 0 Å². The third-order valence-electron chi connectivity index (χ3n) is 8.70. The Bertz CT molecular complexity index is 751. The summed E-state index contributed by atoms with van der Waals surface area (Å²) in [6.45, 7) is 13.7. The van der Waals surface area contributed by atoms with Gasteiger partial charge in [0.1, 0.15) is 0 Å². The number of rotatable bonds is 34. The van der Waals surface area contributed by atoms with Crippen LogP contribution in [0.2, 0.25) is 0 Å². The first-order chi connectivity index (χ1) is 24.8. The van der Waals surface area contributed by atoms with Crippen molar-refractivity contribution in [1.29, 1.82) is 0 Å². The van der Waals surface area contributed by atoms with Gasteiger partial charge in [-0.1, -0.05) is 207 Å². The minimum absolute atomic E-state index is 0. The Hall–Kier alpha value is -2.12. The van der Waals surface area contributed by atoms with Crippen LogP contribution in [0.25, 0.3) is 0 Å².